The normalized spacial score (nSPS) is 37.5. The Balaban J connectivity index is 0.00000192. The van der Waals surface area contributed by atoms with Crippen LogP contribution >= 0.6 is 12.4 Å². The van der Waals surface area contributed by atoms with Crippen molar-refractivity contribution in [2.45, 2.75) is 57.1 Å². The molecule has 4 aliphatic carbocycles. The highest BCUT2D eigenvalue weighted by Crippen LogP contribution is 2.60. The molecule has 1 aromatic rings. The number of nitrogens with zero attached hydrogens (tertiary/aromatic N) is 1. The van der Waals surface area contributed by atoms with Crippen LogP contribution in [0.3, 0.4) is 0 Å². The topological polar surface area (TPSA) is 52.6 Å². The highest BCUT2D eigenvalue weighted by Gasteiger charge is 2.54. The molecule has 6 rings (SSSR count). The van der Waals surface area contributed by atoms with Crippen LogP contribution in [0.25, 0.3) is 0 Å². The van der Waals surface area contributed by atoms with Crippen LogP contribution in [0.1, 0.15) is 56.6 Å². The number of rotatable bonds is 5. The van der Waals surface area contributed by atoms with Gasteiger partial charge in [-0.1, -0.05) is 30.3 Å². The summed E-state index contributed by atoms with van der Waals surface area (Å²) in [6, 6.07) is 10.1. The van der Waals surface area contributed by atoms with Crippen LogP contribution in [-0.2, 0) is 4.79 Å². The third-order valence-electron chi connectivity index (χ3n) is 7.74. The number of hydrogen-bond donors (Lipinski definition) is 2. The molecule has 1 aromatic carbocycles. The minimum Gasteiger partial charge on any atom is -0.387 e. The maximum atomic E-state index is 13.2. The Morgan fingerprint density at radius 3 is 2.32 bits per heavy atom. The molecule has 1 aliphatic heterocycles. The van der Waals surface area contributed by atoms with Crippen LogP contribution in [0.15, 0.2) is 30.3 Å². The van der Waals surface area contributed by atoms with E-state index in [-0.39, 0.29) is 23.9 Å². The van der Waals surface area contributed by atoms with Crippen molar-refractivity contribution < 1.29 is 9.90 Å². The van der Waals surface area contributed by atoms with Gasteiger partial charge < -0.3 is 10.4 Å². The second-order valence-corrected chi connectivity index (χ2v) is 9.84. The van der Waals surface area contributed by atoms with E-state index in [0.717, 1.165) is 62.1 Å². The first-order chi connectivity index (χ1) is 13.1. The maximum absolute atomic E-state index is 13.2. The molecule has 28 heavy (non-hydrogen) atoms. The van der Waals surface area contributed by atoms with Gasteiger partial charge in [-0.25, -0.2) is 0 Å². The Kier molecular flexibility index (Phi) is 5.74. The van der Waals surface area contributed by atoms with Crippen molar-refractivity contribution in [2.24, 2.45) is 23.2 Å². The van der Waals surface area contributed by atoms with E-state index in [4.69, 9.17) is 0 Å². The highest BCUT2D eigenvalue weighted by molar-refractivity contribution is 5.85. The summed E-state index contributed by atoms with van der Waals surface area (Å²) in [6.45, 7) is 2.46. The fraction of sp³-hybridized carbons (Fsp3) is 0.696. The Bertz CT molecular complexity index is 660. The van der Waals surface area contributed by atoms with Gasteiger partial charge in [0.05, 0.1) is 6.10 Å². The molecule has 0 radical (unpaired) electrons. The van der Waals surface area contributed by atoms with Gasteiger partial charge >= 0.3 is 0 Å². The van der Waals surface area contributed by atoms with Gasteiger partial charge in [0.25, 0.3) is 0 Å². The Labute approximate surface area is 174 Å². The molecule has 5 fully saturated rings. The second kappa shape index (κ2) is 7.97. The third kappa shape index (κ3) is 3.83. The number of halogens is 1. The molecule has 5 heteroatoms. The van der Waals surface area contributed by atoms with Crippen molar-refractivity contribution in [3.8, 4) is 0 Å². The molecule has 4 saturated carbocycles. The minimum atomic E-state index is -0.455. The summed E-state index contributed by atoms with van der Waals surface area (Å²) in [5.74, 6) is 2.77. The number of aliphatic hydroxyl groups is 1. The smallest absolute Gasteiger partial charge is 0.226 e. The van der Waals surface area contributed by atoms with E-state index in [2.05, 4.69) is 10.2 Å². The molecular formula is C23H33ClN2O2. The van der Waals surface area contributed by atoms with Crippen LogP contribution < -0.4 is 5.32 Å². The van der Waals surface area contributed by atoms with Crippen LogP contribution in [0.5, 0.6) is 0 Å². The van der Waals surface area contributed by atoms with E-state index >= 15 is 0 Å². The number of carbonyl (C=O) groups excluding carboxylic acids is 1. The van der Waals surface area contributed by atoms with Gasteiger partial charge in [0.1, 0.15) is 0 Å². The molecular weight excluding hydrogens is 372 g/mol. The quantitative estimate of drug-likeness (QED) is 0.789. The van der Waals surface area contributed by atoms with Gasteiger partial charge in [-0.3, -0.25) is 9.69 Å². The number of nitrogens with one attached hydrogen (secondary N) is 1. The molecule has 154 valence electrons. The van der Waals surface area contributed by atoms with E-state index in [1.807, 2.05) is 30.3 Å². The summed E-state index contributed by atoms with van der Waals surface area (Å²) < 4.78 is 0. The van der Waals surface area contributed by atoms with Crippen LogP contribution in [0, 0.1) is 23.2 Å². The zero-order chi connectivity index (χ0) is 18.4. The van der Waals surface area contributed by atoms with Crippen molar-refractivity contribution in [2.75, 3.05) is 19.6 Å². The van der Waals surface area contributed by atoms with E-state index in [1.54, 1.807) is 0 Å². The van der Waals surface area contributed by atoms with Crippen molar-refractivity contribution in [1.82, 2.24) is 10.2 Å². The molecule has 2 atom stereocenters. The summed E-state index contributed by atoms with van der Waals surface area (Å²) in [5.41, 5.74) is 0.921. The number of carbonyl (C=O) groups is 1. The summed E-state index contributed by atoms with van der Waals surface area (Å²) in [7, 11) is 0. The number of β-amino-alcohol motifs (C(OH)–C–C–N with tert-alkyl or cyclic N) is 1. The summed E-state index contributed by atoms with van der Waals surface area (Å²) in [6.07, 6.45) is 8.07. The van der Waals surface area contributed by atoms with Crippen LogP contribution in [-0.4, -0.2) is 41.6 Å². The molecule has 4 bridgehead atoms. The Hall–Kier alpha value is -1.10. The van der Waals surface area contributed by atoms with E-state index in [1.165, 1.54) is 19.3 Å². The maximum Gasteiger partial charge on any atom is 0.226 e. The standard InChI is InChI=1S/C23H32N2O2.ClH/c26-21(19-4-2-1-3-5-19)15-25-7-6-20(14-25)24-22(27)23-11-16-8-17(12-23)10-18(9-16)13-23;/h1-5,16-18,20-21,26H,6-15H2,(H,24,27);1H/t16?,17?,18?,20-,21+,23?;/m0./s1. The Morgan fingerprint density at radius 2 is 1.71 bits per heavy atom. The number of likely N-dealkylation sites (tertiary alicyclic amines) is 1. The largest absolute Gasteiger partial charge is 0.387 e. The molecule has 5 aliphatic rings. The van der Waals surface area contributed by atoms with Gasteiger partial charge in [-0.2, -0.15) is 0 Å². The fourth-order valence-electron chi connectivity index (χ4n) is 6.87. The van der Waals surface area contributed by atoms with E-state index in [0.29, 0.717) is 12.5 Å². The lowest BCUT2D eigenvalue weighted by Gasteiger charge is -2.55. The summed E-state index contributed by atoms with van der Waals surface area (Å²) in [4.78, 5) is 15.5. The number of aliphatic hydroxyl groups excluding tert-OH is 1. The van der Waals surface area contributed by atoms with Gasteiger partial charge in [0.15, 0.2) is 0 Å². The number of benzene rings is 1. The molecule has 0 aromatic heterocycles. The molecule has 0 unspecified atom stereocenters. The Morgan fingerprint density at radius 1 is 1.11 bits per heavy atom. The monoisotopic (exact) mass is 404 g/mol. The predicted molar refractivity (Wildman–Crippen MR) is 112 cm³/mol. The van der Waals surface area contributed by atoms with Crippen molar-refractivity contribution in [1.29, 1.82) is 0 Å². The lowest BCUT2D eigenvalue weighted by Crippen LogP contribution is -2.55. The molecule has 1 amide bonds. The van der Waals surface area contributed by atoms with Crippen molar-refractivity contribution in [3.63, 3.8) is 0 Å². The van der Waals surface area contributed by atoms with Gasteiger partial charge in [-0.15, -0.1) is 12.4 Å². The predicted octanol–water partition coefficient (Wildman–Crippen LogP) is 3.55. The molecule has 0 spiro atoms. The molecule has 2 N–H and O–H groups in total. The zero-order valence-corrected chi connectivity index (χ0v) is 17.4. The first-order valence-electron chi connectivity index (χ1n) is 10.9. The van der Waals surface area contributed by atoms with E-state index in [9.17, 15) is 9.90 Å². The fourth-order valence-corrected chi connectivity index (χ4v) is 6.87. The average Bonchev–Trinajstić information content (AvgIpc) is 3.08. The lowest BCUT2D eigenvalue weighted by molar-refractivity contribution is -0.146. The SMILES string of the molecule is Cl.O=C(N[C@H]1CCN(C[C@@H](O)c2ccccc2)C1)C12CC3CC(CC(C3)C1)C2. The molecule has 1 saturated heterocycles. The number of amides is 1. The van der Waals surface area contributed by atoms with Crippen molar-refractivity contribution in [3.05, 3.63) is 35.9 Å². The van der Waals surface area contributed by atoms with E-state index < -0.39 is 6.10 Å². The summed E-state index contributed by atoms with van der Waals surface area (Å²) >= 11 is 0. The second-order valence-electron chi connectivity index (χ2n) is 9.84. The number of hydrogen-bond acceptors (Lipinski definition) is 3. The van der Waals surface area contributed by atoms with Gasteiger partial charge in [0, 0.05) is 31.1 Å². The third-order valence-corrected chi connectivity index (χ3v) is 7.74. The lowest BCUT2D eigenvalue weighted by atomic mass is 9.49. The van der Waals surface area contributed by atoms with Crippen LogP contribution in [0.2, 0.25) is 0 Å². The van der Waals surface area contributed by atoms with Gasteiger partial charge in [-0.05, 0) is 68.3 Å². The zero-order valence-electron chi connectivity index (χ0n) is 16.6. The highest BCUT2D eigenvalue weighted by atomic mass is 35.5. The van der Waals surface area contributed by atoms with Crippen LogP contribution in [0.4, 0.5) is 0 Å². The molecule has 1 heterocycles. The first-order valence-corrected chi connectivity index (χ1v) is 10.9. The van der Waals surface area contributed by atoms with Crippen molar-refractivity contribution >= 4 is 18.3 Å². The van der Waals surface area contributed by atoms with Gasteiger partial charge in [0.2, 0.25) is 5.91 Å². The summed E-state index contributed by atoms with van der Waals surface area (Å²) in [5, 5.41) is 13.9. The minimum absolute atomic E-state index is 0. The average molecular weight is 405 g/mol. The first kappa shape index (κ1) is 20.2. The molecule has 4 nitrogen and oxygen atoms in total.